The maximum atomic E-state index is 13.6. The summed E-state index contributed by atoms with van der Waals surface area (Å²) in [5.74, 6) is -4.94. The molecule has 1 aliphatic carbocycles. The number of aromatic amines is 1. The SMILES string of the molecule is CC1(C(=O)Nc2cccc([N+](=O)[O-])c2)CC2(C)CC(C)(C1)C(=O)N(c1cc(NC(=O)C(F)(F)F)[nH]n1)C2=O. The van der Waals surface area contributed by atoms with Crippen molar-refractivity contribution in [3.8, 4) is 0 Å². The highest BCUT2D eigenvalue weighted by Crippen LogP contribution is 2.59. The van der Waals surface area contributed by atoms with Crippen molar-refractivity contribution in [3.05, 3.63) is 40.4 Å². The monoisotopic (exact) mass is 536 g/mol. The molecular formula is C23H23F3N6O6. The van der Waals surface area contributed by atoms with Crippen LogP contribution in [0.1, 0.15) is 40.0 Å². The Labute approximate surface area is 213 Å². The minimum Gasteiger partial charge on any atom is -0.325 e. The Balaban J connectivity index is 1.60. The van der Waals surface area contributed by atoms with E-state index in [2.05, 4.69) is 15.5 Å². The second-order valence-electron chi connectivity index (χ2n) is 10.5. The number of alkyl halides is 3. The van der Waals surface area contributed by atoms with E-state index < -0.39 is 56.8 Å². The van der Waals surface area contributed by atoms with Crippen LogP contribution in [0.5, 0.6) is 0 Å². The number of non-ortho nitro benzene ring substituents is 1. The molecule has 2 fully saturated rings. The largest absolute Gasteiger partial charge is 0.471 e. The molecule has 2 atom stereocenters. The first-order valence-electron chi connectivity index (χ1n) is 11.4. The summed E-state index contributed by atoms with van der Waals surface area (Å²) < 4.78 is 37.7. The lowest BCUT2D eigenvalue weighted by molar-refractivity contribution is -0.384. The van der Waals surface area contributed by atoms with Gasteiger partial charge in [-0.15, -0.1) is 0 Å². The third-order valence-electron chi connectivity index (χ3n) is 6.94. The van der Waals surface area contributed by atoms with E-state index in [1.54, 1.807) is 26.1 Å². The van der Waals surface area contributed by atoms with Gasteiger partial charge in [0.25, 0.3) is 5.69 Å². The van der Waals surface area contributed by atoms with Gasteiger partial charge in [0.15, 0.2) is 5.82 Å². The number of imide groups is 1. The van der Waals surface area contributed by atoms with Crippen molar-refractivity contribution in [2.45, 2.75) is 46.2 Å². The fourth-order valence-electron chi connectivity index (χ4n) is 5.74. The number of hydrogen-bond acceptors (Lipinski definition) is 7. The lowest BCUT2D eigenvalue weighted by Crippen LogP contribution is -2.65. The lowest BCUT2D eigenvalue weighted by Gasteiger charge is -2.55. The Bertz CT molecular complexity index is 1340. The maximum Gasteiger partial charge on any atom is 0.471 e. The number of nitro groups is 1. The quantitative estimate of drug-likeness (QED) is 0.298. The minimum atomic E-state index is -5.16. The predicted octanol–water partition coefficient (Wildman–Crippen LogP) is 3.53. The number of halogens is 3. The zero-order valence-corrected chi connectivity index (χ0v) is 20.4. The summed E-state index contributed by atoms with van der Waals surface area (Å²) in [4.78, 5) is 63.0. The van der Waals surface area contributed by atoms with Crippen LogP contribution in [0.4, 0.5) is 36.2 Å². The number of carbonyl (C=O) groups is 4. The van der Waals surface area contributed by atoms with Crippen molar-refractivity contribution in [2.24, 2.45) is 16.2 Å². The zero-order chi connectivity index (χ0) is 28.3. The molecule has 2 bridgehead atoms. The van der Waals surface area contributed by atoms with Gasteiger partial charge in [0.1, 0.15) is 5.82 Å². The highest BCUT2D eigenvalue weighted by molar-refractivity contribution is 6.20. The smallest absolute Gasteiger partial charge is 0.325 e. The Kier molecular flexibility index (Phi) is 6.08. The Hall–Kier alpha value is -4.30. The third-order valence-corrected chi connectivity index (χ3v) is 6.94. The number of anilines is 3. The van der Waals surface area contributed by atoms with Crippen molar-refractivity contribution in [1.29, 1.82) is 0 Å². The van der Waals surface area contributed by atoms with Crippen LogP contribution in [0.15, 0.2) is 30.3 Å². The van der Waals surface area contributed by atoms with E-state index in [4.69, 9.17) is 0 Å². The fraction of sp³-hybridized carbons (Fsp3) is 0.435. The van der Waals surface area contributed by atoms with Gasteiger partial charge >= 0.3 is 12.1 Å². The Morgan fingerprint density at radius 1 is 1.05 bits per heavy atom. The number of carbonyl (C=O) groups excluding carboxylic acids is 4. The zero-order valence-electron chi connectivity index (χ0n) is 20.4. The number of fused-ring (bicyclic) bond motifs is 2. The van der Waals surface area contributed by atoms with Crippen molar-refractivity contribution >= 4 is 46.6 Å². The first-order chi connectivity index (χ1) is 17.5. The lowest BCUT2D eigenvalue weighted by atomic mass is 9.51. The van der Waals surface area contributed by atoms with Crippen LogP contribution in [0.2, 0.25) is 0 Å². The van der Waals surface area contributed by atoms with E-state index in [1.165, 1.54) is 24.3 Å². The second-order valence-corrected chi connectivity index (χ2v) is 10.5. The summed E-state index contributed by atoms with van der Waals surface area (Å²) >= 11 is 0. The topological polar surface area (TPSA) is 167 Å². The first kappa shape index (κ1) is 26.8. The summed E-state index contributed by atoms with van der Waals surface area (Å²) in [7, 11) is 0. The average Bonchev–Trinajstić information content (AvgIpc) is 3.25. The number of aromatic nitrogens is 2. The number of rotatable bonds is 5. The van der Waals surface area contributed by atoms with Crippen LogP contribution in [0.3, 0.4) is 0 Å². The third kappa shape index (κ3) is 4.59. The molecule has 1 aromatic carbocycles. The molecule has 3 N–H and O–H groups in total. The van der Waals surface area contributed by atoms with Gasteiger partial charge in [0.2, 0.25) is 17.7 Å². The average molecular weight is 536 g/mol. The number of hydrogen-bond donors (Lipinski definition) is 3. The highest BCUT2D eigenvalue weighted by atomic mass is 19.4. The molecule has 4 amide bonds. The summed E-state index contributed by atoms with van der Waals surface area (Å²) in [5, 5.41) is 21.2. The summed E-state index contributed by atoms with van der Waals surface area (Å²) in [6, 6.07) is 6.30. The molecule has 1 aliphatic heterocycles. The molecular weight excluding hydrogens is 513 g/mol. The van der Waals surface area contributed by atoms with Crippen LogP contribution in [0.25, 0.3) is 0 Å². The van der Waals surface area contributed by atoms with Gasteiger partial charge in [-0.25, -0.2) is 4.90 Å². The van der Waals surface area contributed by atoms with Gasteiger partial charge in [-0.1, -0.05) is 26.8 Å². The molecule has 38 heavy (non-hydrogen) atoms. The molecule has 1 saturated heterocycles. The van der Waals surface area contributed by atoms with E-state index >= 15 is 0 Å². The number of H-pyrrole nitrogens is 1. The predicted molar refractivity (Wildman–Crippen MR) is 126 cm³/mol. The van der Waals surface area contributed by atoms with E-state index in [0.717, 1.165) is 11.0 Å². The molecule has 1 saturated carbocycles. The fourth-order valence-corrected chi connectivity index (χ4v) is 5.74. The number of nitrogens with one attached hydrogen (secondary N) is 3. The summed E-state index contributed by atoms with van der Waals surface area (Å²) in [6.45, 7) is 4.78. The van der Waals surface area contributed by atoms with Crippen LogP contribution in [-0.2, 0) is 19.2 Å². The van der Waals surface area contributed by atoms with Gasteiger partial charge < -0.3 is 10.6 Å². The highest BCUT2D eigenvalue weighted by Gasteiger charge is 2.64. The van der Waals surface area contributed by atoms with E-state index in [1.807, 2.05) is 0 Å². The molecule has 1 aromatic heterocycles. The first-order valence-corrected chi connectivity index (χ1v) is 11.4. The van der Waals surface area contributed by atoms with Crippen molar-refractivity contribution < 1.29 is 37.3 Å². The van der Waals surface area contributed by atoms with E-state index in [9.17, 15) is 42.5 Å². The van der Waals surface area contributed by atoms with Crippen molar-refractivity contribution in [1.82, 2.24) is 10.2 Å². The molecule has 4 rings (SSSR count). The second kappa shape index (κ2) is 8.63. The molecule has 15 heteroatoms. The van der Waals surface area contributed by atoms with Gasteiger partial charge in [0, 0.05) is 40.1 Å². The van der Waals surface area contributed by atoms with Gasteiger partial charge in [-0.05, 0) is 25.3 Å². The molecule has 2 unspecified atom stereocenters. The van der Waals surface area contributed by atoms with Crippen LogP contribution < -0.4 is 15.5 Å². The molecule has 2 heterocycles. The van der Waals surface area contributed by atoms with Gasteiger partial charge in [0.05, 0.1) is 4.92 Å². The van der Waals surface area contributed by atoms with Crippen LogP contribution in [0, 0.1) is 26.4 Å². The van der Waals surface area contributed by atoms with E-state index in [-0.39, 0.29) is 36.5 Å². The summed E-state index contributed by atoms with van der Waals surface area (Å²) in [6.07, 6.45) is -5.01. The van der Waals surface area contributed by atoms with Gasteiger partial charge in [-0.2, -0.15) is 18.3 Å². The Morgan fingerprint density at radius 2 is 1.66 bits per heavy atom. The molecule has 0 radical (unpaired) electrons. The number of benzene rings is 1. The molecule has 12 nitrogen and oxygen atoms in total. The molecule has 2 aliphatic rings. The van der Waals surface area contributed by atoms with Crippen LogP contribution in [-0.4, -0.2) is 44.9 Å². The molecule has 0 spiro atoms. The van der Waals surface area contributed by atoms with E-state index in [0.29, 0.717) is 0 Å². The van der Waals surface area contributed by atoms with Gasteiger partial charge in [-0.3, -0.25) is 34.4 Å². The van der Waals surface area contributed by atoms with Crippen molar-refractivity contribution in [2.75, 3.05) is 15.5 Å². The Morgan fingerprint density at radius 3 is 2.21 bits per heavy atom. The molecule has 2 aromatic rings. The normalized spacial score (nSPS) is 27.2. The minimum absolute atomic E-state index is 0.0149. The summed E-state index contributed by atoms with van der Waals surface area (Å²) in [5.41, 5.74) is -3.73. The number of nitro benzene ring substituents is 1. The number of nitrogens with zero attached hydrogens (tertiary/aromatic N) is 3. The van der Waals surface area contributed by atoms with Crippen molar-refractivity contribution in [3.63, 3.8) is 0 Å². The number of amides is 4. The molecule has 202 valence electrons. The van der Waals surface area contributed by atoms with Crippen LogP contribution >= 0.6 is 0 Å². The standard InChI is InChI=1S/C23H23F3N6O6/c1-20(16(33)27-12-5-4-6-13(7-12)32(37)38)9-21(2)11-22(3,10-20)19(36)31(18(21)35)15-8-14(29-30-15)28-17(34)23(24,25)26/h4-8H,9-11H2,1-3H3,(H,27,33)(H2,28,29,30,34). The maximum absolute atomic E-state index is 13.6. The number of piperidine rings is 1.